The highest BCUT2D eigenvalue weighted by Crippen LogP contribution is 2.43. The summed E-state index contributed by atoms with van der Waals surface area (Å²) >= 11 is 1.85. The van der Waals surface area contributed by atoms with E-state index in [0.29, 0.717) is 0 Å². The van der Waals surface area contributed by atoms with Gasteiger partial charge in [-0.3, -0.25) is 0 Å². The lowest BCUT2D eigenvalue weighted by Gasteiger charge is -2.13. The molecule has 3 heteroatoms. The molecule has 0 saturated carbocycles. The first-order chi connectivity index (χ1) is 24.3. The SMILES string of the molecule is c1ccc2c(-c3nc(-c4ccc5c(c4)sc4cc6c7ccccc7c7ccccc7c6cc45)nc4c3ccc3ccccc34)cccc2c1. The number of aromatic nitrogens is 2. The van der Waals surface area contributed by atoms with Gasteiger partial charge in [-0.15, -0.1) is 11.3 Å². The van der Waals surface area contributed by atoms with Crippen LogP contribution in [0.3, 0.4) is 0 Å². The standard InChI is InChI=1S/C46H26N2S/c1-3-13-30-27(10-1)12-9-19-37(30)45-38-23-20-28-11-2-4-14-31(28)44(38)47-46(48-45)29-21-22-36-41-25-39-34-17-7-5-15-32(34)33-16-6-8-18-35(33)40(39)26-43(41)49-42(36)24-29/h1-26H. The van der Waals surface area contributed by atoms with E-state index in [4.69, 9.17) is 9.97 Å². The summed E-state index contributed by atoms with van der Waals surface area (Å²) < 4.78 is 2.53. The third-order valence-electron chi connectivity index (χ3n) is 10.2. The van der Waals surface area contributed by atoms with E-state index >= 15 is 0 Å². The molecule has 49 heavy (non-hydrogen) atoms. The first-order valence-electron chi connectivity index (χ1n) is 16.7. The Morgan fingerprint density at radius 3 is 1.67 bits per heavy atom. The van der Waals surface area contributed by atoms with Crippen LogP contribution in [0.5, 0.6) is 0 Å². The Morgan fingerprint density at radius 2 is 0.918 bits per heavy atom. The zero-order valence-corrected chi connectivity index (χ0v) is 27.1. The van der Waals surface area contributed by atoms with Crippen LogP contribution in [0.1, 0.15) is 0 Å². The zero-order chi connectivity index (χ0) is 32.1. The highest BCUT2D eigenvalue weighted by Gasteiger charge is 2.17. The molecule has 0 aliphatic carbocycles. The fraction of sp³-hybridized carbons (Fsp3) is 0. The van der Waals surface area contributed by atoms with Crippen LogP contribution in [0, 0.1) is 0 Å². The van der Waals surface area contributed by atoms with E-state index in [1.54, 1.807) is 0 Å². The van der Waals surface area contributed by atoms with E-state index in [9.17, 15) is 0 Å². The molecule has 11 aromatic rings. The van der Waals surface area contributed by atoms with Gasteiger partial charge in [-0.2, -0.15) is 0 Å². The molecule has 2 aromatic heterocycles. The van der Waals surface area contributed by atoms with Crippen molar-refractivity contribution >= 4 is 96.3 Å². The lowest BCUT2D eigenvalue weighted by Crippen LogP contribution is -1.96. The second-order valence-corrected chi connectivity index (χ2v) is 14.0. The fourth-order valence-corrected chi connectivity index (χ4v) is 9.11. The Hall–Kier alpha value is -6.16. The Morgan fingerprint density at radius 1 is 0.347 bits per heavy atom. The molecule has 226 valence electrons. The number of hydrogen-bond acceptors (Lipinski definition) is 3. The smallest absolute Gasteiger partial charge is 0.160 e. The second kappa shape index (κ2) is 10.2. The Bertz CT molecular complexity index is 3170. The van der Waals surface area contributed by atoms with E-state index in [1.165, 1.54) is 68.6 Å². The Labute approximate surface area is 285 Å². The topological polar surface area (TPSA) is 25.8 Å². The van der Waals surface area contributed by atoms with Gasteiger partial charge in [-0.1, -0.05) is 133 Å². The van der Waals surface area contributed by atoms with Crippen molar-refractivity contribution in [2.45, 2.75) is 0 Å². The van der Waals surface area contributed by atoms with Crippen molar-refractivity contribution < 1.29 is 0 Å². The number of fused-ring (bicyclic) bond motifs is 13. The molecule has 2 nitrogen and oxygen atoms in total. The van der Waals surface area contributed by atoms with Gasteiger partial charge in [0.1, 0.15) is 0 Å². The summed E-state index contributed by atoms with van der Waals surface area (Å²) in [6.45, 7) is 0. The average molecular weight is 639 g/mol. The van der Waals surface area contributed by atoms with Crippen LogP contribution in [0.25, 0.3) is 108 Å². The minimum atomic E-state index is 0.744. The van der Waals surface area contributed by atoms with E-state index in [0.717, 1.165) is 38.9 Å². The summed E-state index contributed by atoms with van der Waals surface area (Å²) in [7, 11) is 0. The fourth-order valence-electron chi connectivity index (χ4n) is 7.94. The monoisotopic (exact) mass is 638 g/mol. The number of nitrogens with zero attached hydrogens (tertiary/aromatic N) is 2. The van der Waals surface area contributed by atoms with Gasteiger partial charge in [-0.05, 0) is 72.7 Å². The van der Waals surface area contributed by atoms with E-state index in [2.05, 4.69) is 158 Å². The molecule has 11 rings (SSSR count). The molecular weight excluding hydrogens is 613 g/mol. The minimum absolute atomic E-state index is 0.744. The molecular formula is C46H26N2S. The van der Waals surface area contributed by atoms with E-state index in [1.807, 2.05) is 11.3 Å². The van der Waals surface area contributed by atoms with Crippen LogP contribution in [0.4, 0.5) is 0 Å². The van der Waals surface area contributed by atoms with Crippen LogP contribution in [0.2, 0.25) is 0 Å². The van der Waals surface area contributed by atoms with Gasteiger partial charge in [0.05, 0.1) is 11.2 Å². The van der Waals surface area contributed by atoms with E-state index < -0.39 is 0 Å². The lowest BCUT2D eigenvalue weighted by atomic mass is 9.93. The van der Waals surface area contributed by atoms with Crippen LogP contribution in [-0.2, 0) is 0 Å². The molecule has 0 spiro atoms. The maximum absolute atomic E-state index is 5.37. The third kappa shape index (κ3) is 3.94. The summed E-state index contributed by atoms with van der Waals surface area (Å²) in [6.07, 6.45) is 0. The molecule has 0 bridgehead atoms. The van der Waals surface area contributed by atoms with Crippen molar-refractivity contribution in [3.8, 4) is 22.6 Å². The van der Waals surface area contributed by atoms with Crippen LogP contribution < -0.4 is 0 Å². The van der Waals surface area contributed by atoms with Crippen molar-refractivity contribution in [3.63, 3.8) is 0 Å². The quantitative estimate of drug-likeness (QED) is 0.176. The summed E-state index contributed by atoms with van der Waals surface area (Å²) in [4.78, 5) is 10.7. The maximum atomic E-state index is 5.37. The van der Waals surface area contributed by atoms with Crippen molar-refractivity contribution in [2.24, 2.45) is 0 Å². The van der Waals surface area contributed by atoms with Crippen molar-refractivity contribution in [2.75, 3.05) is 0 Å². The molecule has 0 atom stereocenters. The average Bonchev–Trinajstić information content (AvgIpc) is 3.53. The second-order valence-electron chi connectivity index (χ2n) is 12.9. The van der Waals surface area contributed by atoms with Gasteiger partial charge in [0.25, 0.3) is 0 Å². The summed E-state index contributed by atoms with van der Waals surface area (Å²) in [5.41, 5.74) is 4.09. The van der Waals surface area contributed by atoms with E-state index in [-0.39, 0.29) is 0 Å². The van der Waals surface area contributed by atoms with Crippen LogP contribution in [-0.4, -0.2) is 9.97 Å². The normalized spacial score (nSPS) is 12.1. The van der Waals surface area contributed by atoms with Gasteiger partial charge >= 0.3 is 0 Å². The van der Waals surface area contributed by atoms with Gasteiger partial charge < -0.3 is 0 Å². The third-order valence-corrected chi connectivity index (χ3v) is 11.3. The molecule has 0 radical (unpaired) electrons. The van der Waals surface area contributed by atoms with Crippen LogP contribution >= 0.6 is 11.3 Å². The maximum Gasteiger partial charge on any atom is 0.160 e. The Balaban J connectivity index is 1.18. The van der Waals surface area contributed by atoms with Gasteiger partial charge in [0.15, 0.2) is 5.82 Å². The Kier molecular flexibility index (Phi) is 5.57. The molecule has 0 aliphatic heterocycles. The summed E-state index contributed by atoms with van der Waals surface area (Å²) in [6, 6.07) is 57.1. The largest absolute Gasteiger partial charge is 0.227 e. The number of hydrogen-bond donors (Lipinski definition) is 0. The summed E-state index contributed by atoms with van der Waals surface area (Å²) in [5.74, 6) is 0.744. The number of thiophene rings is 1. The number of benzene rings is 9. The first-order valence-corrected chi connectivity index (χ1v) is 17.5. The van der Waals surface area contributed by atoms with Crippen molar-refractivity contribution in [3.05, 3.63) is 158 Å². The number of rotatable bonds is 2. The van der Waals surface area contributed by atoms with Crippen LogP contribution in [0.15, 0.2) is 158 Å². The summed E-state index contributed by atoms with van der Waals surface area (Å²) in [5, 5.41) is 16.1. The molecule has 2 heterocycles. The molecule has 0 aliphatic rings. The van der Waals surface area contributed by atoms with Gasteiger partial charge in [0, 0.05) is 42.1 Å². The zero-order valence-electron chi connectivity index (χ0n) is 26.3. The molecule has 0 unspecified atom stereocenters. The van der Waals surface area contributed by atoms with Gasteiger partial charge in [-0.25, -0.2) is 9.97 Å². The predicted molar refractivity (Wildman–Crippen MR) is 211 cm³/mol. The lowest BCUT2D eigenvalue weighted by molar-refractivity contribution is 1.24. The predicted octanol–water partition coefficient (Wildman–Crippen LogP) is 13.1. The molecule has 9 aromatic carbocycles. The minimum Gasteiger partial charge on any atom is -0.227 e. The van der Waals surface area contributed by atoms with Crippen molar-refractivity contribution in [1.82, 2.24) is 9.97 Å². The highest BCUT2D eigenvalue weighted by molar-refractivity contribution is 7.26. The first kappa shape index (κ1) is 26.9. The van der Waals surface area contributed by atoms with Gasteiger partial charge in [0.2, 0.25) is 0 Å². The van der Waals surface area contributed by atoms with Crippen molar-refractivity contribution in [1.29, 1.82) is 0 Å². The molecule has 0 fully saturated rings. The molecule has 0 amide bonds. The molecule has 0 N–H and O–H groups in total. The highest BCUT2D eigenvalue weighted by atomic mass is 32.1. The molecule has 0 saturated heterocycles.